The van der Waals surface area contributed by atoms with Gasteiger partial charge in [0.25, 0.3) is 0 Å². The molecule has 0 bridgehead atoms. The summed E-state index contributed by atoms with van der Waals surface area (Å²) in [4.78, 5) is 4.94. The average molecular weight is 416 g/mol. The second-order valence-electron chi connectivity index (χ2n) is 8.83. The molecule has 5 rings (SSSR count). The molecule has 1 aliphatic heterocycles. The molecule has 158 valence electrons. The van der Waals surface area contributed by atoms with E-state index in [1.54, 1.807) is 0 Å². The molecular formula is C26H27BF2N2. The Labute approximate surface area is 182 Å². The number of nitrogens with zero attached hydrogens (tertiary/aromatic N) is 2. The number of aromatic nitrogens is 1. The number of aliphatic imine (C=N–C) groups is 1. The van der Waals surface area contributed by atoms with Gasteiger partial charge in [-0.15, -0.1) is 0 Å². The van der Waals surface area contributed by atoms with Crippen molar-refractivity contribution in [2.24, 2.45) is 16.8 Å². The zero-order valence-corrected chi connectivity index (χ0v) is 18.8. The number of hydrogen-bond acceptors (Lipinski definition) is 1. The molecule has 2 aromatic carbocycles. The van der Waals surface area contributed by atoms with Crippen LogP contribution in [0.5, 0.6) is 0 Å². The molecule has 31 heavy (non-hydrogen) atoms. The van der Waals surface area contributed by atoms with E-state index in [1.807, 2.05) is 26.0 Å². The van der Waals surface area contributed by atoms with Gasteiger partial charge in [-0.2, -0.15) is 0 Å². The van der Waals surface area contributed by atoms with E-state index < -0.39 is 7.40 Å². The predicted molar refractivity (Wildman–Crippen MR) is 128 cm³/mol. The van der Waals surface area contributed by atoms with Gasteiger partial charge >= 0.3 is 7.40 Å². The van der Waals surface area contributed by atoms with Crippen LogP contribution in [0.1, 0.15) is 51.9 Å². The summed E-state index contributed by atoms with van der Waals surface area (Å²) in [5.41, 5.74) is 8.25. The number of halogens is 2. The number of hydrogen-bond donors (Lipinski definition) is 0. The van der Waals surface area contributed by atoms with E-state index in [-0.39, 0.29) is 5.92 Å². The molecule has 2 aliphatic rings. The first-order valence-electron chi connectivity index (χ1n) is 11.2. The second-order valence-corrected chi connectivity index (χ2v) is 8.83. The summed E-state index contributed by atoms with van der Waals surface area (Å²) in [7, 11) is -2.60. The zero-order valence-electron chi connectivity index (χ0n) is 18.8. The molecular weight excluding hydrogens is 389 g/mol. The van der Waals surface area contributed by atoms with Crippen LogP contribution < -0.4 is 0 Å². The Morgan fingerprint density at radius 2 is 1.58 bits per heavy atom. The van der Waals surface area contributed by atoms with Gasteiger partial charge < -0.3 is 4.48 Å². The minimum atomic E-state index is -2.60. The highest BCUT2D eigenvalue weighted by Gasteiger charge is 2.38. The Morgan fingerprint density at radius 3 is 2.16 bits per heavy atom. The van der Waals surface area contributed by atoms with E-state index in [0.717, 1.165) is 57.5 Å². The van der Waals surface area contributed by atoms with E-state index >= 15 is 0 Å². The van der Waals surface area contributed by atoms with Gasteiger partial charge in [-0.25, -0.2) is 0 Å². The summed E-state index contributed by atoms with van der Waals surface area (Å²) in [5, 5.41) is 2.32. The average Bonchev–Trinajstić information content (AvgIpc) is 3.37. The molecule has 2 heterocycles. The fraction of sp³-hybridized carbons (Fsp3) is 0.346. The van der Waals surface area contributed by atoms with Crippen molar-refractivity contribution in [2.75, 3.05) is 0 Å². The molecule has 1 aromatic heterocycles. The molecule has 0 saturated heterocycles. The van der Waals surface area contributed by atoms with Gasteiger partial charge in [-0.05, 0) is 61.1 Å². The predicted octanol–water partition coefficient (Wildman–Crippen LogP) is 7.63. The summed E-state index contributed by atoms with van der Waals surface area (Å²) < 4.78 is 30.2. The van der Waals surface area contributed by atoms with Crippen LogP contribution in [0.4, 0.5) is 8.63 Å². The van der Waals surface area contributed by atoms with Gasteiger partial charge in [0, 0.05) is 45.8 Å². The fourth-order valence-electron chi connectivity index (χ4n) is 6.05. The number of benzene rings is 2. The molecule has 0 fully saturated rings. The van der Waals surface area contributed by atoms with Crippen molar-refractivity contribution in [3.8, 4) is 22.3 Å². The van der Waals surface area contributed by atoms with Gasteiger partial charge in [0.05, 0.1) is 0 Å². The monoisotopic (exact) mass is 416 g/mol. The van der Waals surface area contributed by atoms with Crippen molar-refractivity contribution in [1.82, 2.24) is 4.48 Å². The molecule has 0 spiro atoms. The molecule has 1 aliphatic carbocycles. The lowest BCUT2D eigenvalue weighted by Gasteiger charge is -2.20. The molecule has 0 saturated carbocycles. The largest absolute Gasteiger partial charge is 0.677 e. The first-order valence-corrected chi connectivity index (χ1v) is 11.2. The Bertz CT molecular complexity index is 1280. The van der Waals surface area contributed by atoms with E-state index in [1.165, 1.54) is 9.86 Å². The smallest absolute Gasteiger partial charge is 0.328 e. The maximum Gasteiger partial charge on any atom is 0.677 e. The first kappa shape index (κ1) is 20.2. The van der Waals surface area contributed by atoms with E-state index in [2.05, 4.69) is 45.0 Å². The summed E-state index contributed by atoms with van der Waals surface area (Å²) in [6, 6.07) is 12.4. The lowest BCUT2D eigenvalue weighted by atomic mass is 9.83. The summed E-state index contributed by atoms with van der Waals surface area (Å²) in [6.07, 6.45) is 1.97. The maximum absolute atomic E-state index is 14.5. The Morgan fingerprint density at radius 1 is 0.968 bits per heavy atom. The van der Waals surface area contributed by atoms with Crippen LogP contribution in [0, 0.1) is 18.8 Å². The Hall–Kier alpha value is -2.69. The van der Waals surface area contributed by atoms with Gasteiger partial charge in [0.1, 0.15) is 0 Å². The Kier molecular flexibility index (Phi) is 4.69. The summed E-state index contributed by atoms with van der Waals surface area (Å²) in [5.74, 6) is 0.668. The molecule has 3 aromatic rings. The Balaban J connectivity index is 1.86. The summed E-state index contributed by atoms with van der Waals surface area (Å²) in [6.45, 7) is 10.3. The van der Waals surface area contributed by atoms with Gasteiger partial charge in [0.2, 0.25) is 0 Å². The maximum atomic E-state index is 14.5. The third-order valence-electron chi connectivity index (χ3n) is 7.38. The van der Waals surface area contributed by atoms with Gasteiger partial charge in [0.15, 0.2) is 0 Å². The molecule has 2 nitrogen and oxygen atoms in total. The minimum absolute atomic E-state index is 0.279. The molecule has 0 radical (unpaired) electrons. The van der Waals surface area contributed by atoms with Crippen LogP contribution in [0.2, 0.25) is 0 Å². The minimum Gasteiger partial charge on any atom is -0.328 e. The van der Waals surface area contributed by atoms with Crippen LogP contribution >= 0.6 is 0 Å². The topological polar surface area (TPSA) is 17.3 Å². The van der Waals surface area contributed by atoms with Crippen molar-refractivity contribution in [3.05, 3.63) is 53.5 Å². The summed E-state index contributed by atoms with van der Waals surface area (Å²) >= 11 is 0. The van der Waals surface area contributed by atoms with E-state index in [9.17, 15) is 8.63 Å². The van der Waals surface area contributed by atoms with E-state index in [4.69, 9.17) is 4.99 Å². The zero-order chi connectivity index (χ0) is 22.0. The molecule has 2 atom stereocenters. The normalized spacial score (nSPS) is 20.9. The second kappa shape index (κ2) is 7.18. The number of fused-ring (bicyclic) bond motifs is 3. The van der Waals surface area contributed by atoms with Gasteiger partial charge in [-0.3, -0.25) is 13.6 Å². The highest BCUT2D eigenvalue weighted by molar-refractivity contribution is 6.42. The lowest BCUT2D eigenvalue weighted by molar-refractivity contribution is 0.473. The molecule has 5 heteroatoms. The van der Waals surface area contributed by atoms with Crippen molar-refractivity contribution < 1.29 is 8.63 Å². The molecule has 0 amide bonds. The van der Waals surface area contributed by atoms with Crippen molar-refractivity contribution in [2.45, 2.75) is 47.5 Å². The highest BCUT2D eigenvalue weighted by atomic mass is 19.2. The SMILES string of the molecule is CCC1C(C)=N/C(=C(/C)c2c3c(c(C)n2B(F)F)-c2cccc4cccc-3c24)C1CC. The third-order valence-corrected chi connectivity index (χ3v) is 7.38. The van der Waals surface area contributed by atoms with Crippen LogP contribution in [0.25, 0.3) is 38.6 Å². The third kappa shape index (κ3) is 2.65. The van der Waals surface area contributed by atoms with Crippen LogP contribution in [-0.4, -0.2) is 17.6 Å². The van der Waals surface area contributed by atoms with Crippen molar-refractivity contribution >= 4 is 29.5 Å². The van der Waals surface area contributed by atoms with Crippen LogP contribution in [0.3, 0.4) is 0 Å². The van der Waals surface area contributed by atoms with Crippen LogP contribution in [0.15, 0.2) is 47.1 Å². The van der Waals surface area contributed by atoms with E-state index in [0.29, 0.717) is 17.3 Å². The fourth-order valence-corrected chi connectivity index (χ4v) is 6.05. The molecule has 2 unspecified atom stereocenters. The highest BCUT2D eigenvalue weighted by Crippen LogP contribution is 2.54. The first-order chi connectivity index (χ1) is 14.9. The number of allylic oxidation sites excluding steroid dienone is 2. The lowest BCUT2D eigenvalue weighted by Crippen LogP contribution is -2.19. The van der Waals surface area contributed by atoms with Crippen LogP contribution in [-0.2, 0) is 0 Å². The quantitative estimate of drug-likeness (QED) is 0.305. The number of rotatable bonds is 4. The van der Waals surface area contributed by atoms with Gasteiger partial charge in [-0.1, -0.05) is 50.2 Å². The van der Waals surface area contributed by atoms with Crippen molar-refractivity contribution in [1.29, 1.82) is 0 Å². The van der Waals surface area contributed by atoms with Crippen molar-refractivity contribution in [3.63, 3.8) is 0 Å². The molecule has 0 N–H and O–H groups in total. The standard InChI is InChI=1S/C26H27BF2N2/c1-6-18-15(4)30-25(19(18)7-2)14(3)26-24-21-13-9-11-17-10-8-12-20(23(17)21)22(24)16(5)31(26)27(28)29/h8-13,18-19H,6-7H2,1-5H3/b25-14-.